The Morgan fingerprint density at radius 1 is 1.29 bits per heavy atom. The van der Waals surface area contributed by atoms with Gasteiger partial charge in [-0.15, -0.1) is 11.3 Å². The van der Waals surface area contributed by atoms with Crippen molar-refractivity contribution in [2.24, 2.45) is 4.99 Å². The molecular formula is C20H22F3N5O2S. The minimum absolute atomic E-state index is 0.137. The zero-order valence-corrected chi connectivity index (χ0v) is 17.5. The van der Waals surface area contributed by atoms with E-state index in [1.807, 2.05) is 12.1 Å². The minimum atomic E-state index is -4.36. The van der Waals surface area contributed by atoms with Crippen LogP contribution < -0.4 is 10.1 Å². The Labute approximate surface area is 181 Å². The standard InChI is InChI=1S/C20H22F3N5O2S/c1-30-14-2-4-16(24-10-14)13-6-8-27(9-7-13)18-25-12-28(19(29)26-18)11-15-3-5-17(31-15)20(21,22)23/h2-6,10,12,18-19,26,29H,7-9,11H2,1H3. The summed E-state index contributed by atoms with van der Waals surface area (Å²) in [6.07, 6.45) is 0.216. The van der Waals surface area contributed by atoms with Crippen molar-refractivity contribution in [2.45, 2.75) is 31.8 Å². The van der Waals surface area contributed by atoms with Gasteiger partial charge in [0.25, 0.3) is 0 Å². The maximum absolute atomic E-state index is 12.8. The number of aliphatic hydroxyl groups is 1. The molecular weight excluding hydrogens is 431 g/mol. The molecule has 2 N–H and O–H groups in total. The molecule has 31 heavy (non-hydrogen) atoms. The molecule has 4 heterocycles. The predicted molar refractivity (Wildman–Crippen MR) is 111 cm³/mol. The van der Waals surface area contributed by atoms with E-state index in [0.717, 1.165) is 30.3 Å². The van der Waals surface area contributed by atoms with Gasteiger partial charge in [-0.3, -0.25) is 9.88 Å². The Kier molecular flexibility index (Phi) is 6.28. The van der Waals surface area contributed by atoms with Crippen molar-refractivity contribution in [2.75, 3.05) is 20.2 Å². The molecule has 0 spiro atoms. The van der Waals surface area contributed by atoms with Gasteiger partial charge in [0.1, 0.15) is 10.6 Å². The van der Waals surface area contributed by atoms with E-state index in [0.29, 0.717) is 28.5 Å². The van der Waals surface area contributed by atoms with E-state index in [9.17, 15) is 18.3 Å². The second-order valence-corrected chi connectivity index (χ2v) is 8.34. The summed E-state index contributed by atoms with van der Waals surface area (Å²) in [5.41, 5.74) is 2.04. The Balaban J connectivity index is 1.35. The fourth-order valence-electron chi connectivity index (χ4n) is 3.44. The summed E-state index contributed by atoms with van der Waals surface area (Å²) in [4.78, 5) is 12.2. The molecule has 0 aromatic carbocycles. The molecule has 4 rings (SSSR count). The Morgan fingerprint density at radius 2 is 2.13 bits per heavy atom. The molecule has 0 saturated heterocycles. The van der Waals surface area contributed by atoms with Crippen molar-refractivity contribution in [3.05, 3.63) is 52.0 Å². The summed E-state index contributed by atoms with van der Waals surface area (Å²) in [5.74, 6) is 0.707. The first-order valence-electron chi connectivity index (χ1n) is 9.66. The Bertz CT molecular complexity index is 960. The summed E-state index contributed by atoms with van der Waals surface area (Å²) in [6.45, 7) is 1.49. The number of hydrogen-bond donors (Lipinski definition) is 2. The van der Waals surface area contributed by atoms with Crippen LogP contribution in [0.15, 0.2) is 41.5 Å². The molecule has 0 bridgehead atoms. The van der Waals surface area contributed by atoms with E-state index >= 15 is 0 Å². The molecule has 11 heteroatoms. The van der Waals surface area contributed by atoms with Crippen LogP contribution >= 0.6 is 11.3 Å². The third-order valence-corrected chi connectivity index (χ3v) is 6.25. The highest BCUT2D eigenvalue weighted by molar-refractivity contribution is 7.12. The van der Waals surface area contributed by atoms with Crippen LogP contribution in [0.2, 0.25) is 0 Å². The number of aliphatic imine (C=N–C) groups is 1. The van der Waals surface area contributed by atoms with Crippen LogP contribution in [0.5, 0.6) is 5.75 Å². The second kappa shape index (κ2) is 8.95. The van der Waals surface area contributed by atoms with E-state index in [2.05, 4.69) is 26.3 Å². The van der Waals surface area contributed by atoms with Gasteiger partial charge in [0.15, 0.2) is 12.6 Å². The molecule has 0 saturated carbocycles. The number of nitrogens with one attached hydrogen (secondary N) is 1. The summed E-state index contributed by atoms with van der Waals surface area (Å²) in [5, 5.41) is 13.4. The average molecular weight is 453 g/mol. The number of halogens is 3. The van der Waals surface area contributed by atoms with Gasteiger partial charge in [0.05, 0.1) is 31.9 Å². The highest BCUT2D eigenvalue weighted by Gasteiger charge is 2.33. The normalized spacial score (nSPS) is 22.5. The van der Waals surface area contributed by atoms with Gasteiger partial charge in [-0.25, -0.2) is 10.3 Å². The van der Waals surface area contributed by atoms with E-state index in [-0.39, 0.29) is 6.54 Å². The number of thiophene rings is 1. The molecule has 2 aromatic heterocycles. The monoisotopic (exact) mass is 453 g/mol. The average Bonchev–Trinajstić information content (AvgIpc) is 3.25. The molecule has 0 amide bonds. The molecule has 166 valence electrons. The molecule has 0 aliphatic carbocycles. The number of methoxy groups -OCH3 is 1. The van der Waals surface area contributed by atoms with Crippen LogP contribution in [0, 0.1) is 0 Å². The van der Waals surface area contributed by atoms with E-state index < -0.39 is 23.7 Å². The summed E-state index contributed by atoms with van der Waals surface area (Å²) in [7, 11) is 1.60. The number of ether oxygens (including phenoxy) is 1. The molecule has 2 atom stereocenters. The quantitative estimate of drug-likeness (QED) is 0.725. The van der Waals surface area contributed by atoms with Crippen LogP contribution in [-0.4, -0.2) is 59.1 Å². The van der Waals surface area contributed by atoms with Gasteiger partial charge in [0.2, 0.25) is 0 Å². The highest BCUT2D eigenvalue weighted by atomic mass is 32.1. The highest BCUT2D eigenvalue weighted by Crippen LogP contribution is 2.35. The molecule has 2 unspecified atom stereocenters. The number of aromatic nitrogens is 1. The lowest BCUT2D eigenvalue weighted by molar-refractivity contribution is -0.134. The second-order valence-electron chi connectivity index (χ2n) is 7.17. The smallest absolute Gasteiger partial charge is 0.425 e. The zero-order valence-electron chi connectivity index (χ0n) is 16.7. The topological polar surface area (TPSA) is 73.2 Å². The van der Waals surface area contributed by atoms with Crippen molar-refractivity contribution in [3.63, 3.8) is 0 Å². The van der Waals surface area contributed by atoms with Gasteiger partial charge in [0, 0.05) is 18.0 Å². The number of rotatable bonds is 5. The van der Waals surface area contributed by atoms with Crippen molar-refractivity contribution in [3.8, 4) is 5.75 Å². The SMILES string of the molecule is COc1ccc(C2=CCN(C3N=CN(Cc4ccc(C(F)(F)F)s4)C(O)N3)CC2)nc1. The van der Waals surface area contributed by atoms with E-state index in [4.69, 9.17) is 4.74 Å². The lowest BCUT2D eigenvalue weighted by atomic mass is 10.0. The van der Waals surface area contributed by atoms with Crippen LogP contribution in [0.3, 0.4) is 0 Å². The van der Waals surface area contributed by atoms with Crippen molar-refractivity contribution < 1.29 is 23.0 Å². The predicted octanol–water partition coefficient (Wildman–Crippen LogP) is 2.95. The first-order chi connectivity index (χ1) is 14.8. The number of nitrogens with zero attached hydrogens (tertiary/aromatic N) is 4. The minimum Gasteiger partial charge on any atom is -0.495 e. The summed E-state index contributed by atoms with van der Waals surface area (Å²) >= 11 is 0.666. The lowest BCUT2D eigenvalue weighted by Gasteiger charge is -2.38. The third kappa shape index (κ3) is 5.06. The van der Waals surface area contributed by atoms with Gasteiger partial charge in [-0.05, 0) is 36.3 Å². The molecule has 7 nitrogen and oxygen atoms in total. The lowest BCUT2D eigenvalue weighted by Crippen LogP contribution is -2.58. The molecule has 0 fully saturated rings. The Hall–Kier alpha value is -2.47. The molecule has 0 radical (unpaired) electrons. The van der Waals surface area contributed by atoms with Gasteiger partial charge < -0.3 is 14.7 Å². The van der Waals surface area contributed by atoms with Crippen LogP contribution in [-0.2, 0) is 12.7 Å². The van der Waals surface area contributed by atoms with Gasteiger partial charge in [-0.1, -0.05) is 6.08 Å². The van der Waals surface area contributed by atoms with Gasteiger partial charge >= 0.3 is 6.18 Å². The number of pyridine rings is 1. The molecule has 2 aliphatic rings. The maximum Gasteiger partial charge on any atom is 0.425 e. The first-order valence-corrected chi connectivity index (χ1v) is 10.5. The van der Waals surface area contributed by atoms with E-state index in [1.54, 1.807) is 13.3 Å². The number of alkyl halides is 3. The van der Waals surface area contributed by atoms with Crippen molar-refractivity contribution >= 4 is 23.2 Å². The fraction of sp³-hybridized carbons (Fsp3) is 0.400. The van der Waals surface area contributed by atoms with E-state index in [1.165, 1.54) is 17.3 Å². The number of hydrogen-bond acceptors (Lipinski definition) is 8. The van der Waals surface area contributed by atoms with Crippen molar-refractivity contribution in [1.82, 2.24) is 20.1 Å². The van der Waals surface area contributed by atoms with Gasteiger partial charge in [-0.2, -0.15) is 13.2 Å². The van der Waals surface area contributed by atoms with Crippen molar-refractivity contribution in [1.29, 1.82) is 0 Å². The number of aliphatic hydroxyl groups excluding tert-OH is 1. The fourth-order valence-corrected chi connectivity index (χ4v) is 4.32. The Morgan fingerprint density at radius 3 is 2.71 bits per heavy atom. The summed E-state index contributed by atoms with van der Waals surface area (Å²) < 4.78 is 43.5. The first kappa shape index (κ1) is 21.8. The van der Waals surface area contributed by atoms with Crippen LogP contribution in [0.1, 0.15) is 21.9 Å². The third-order valence-electron chi connectivity index (χ3n) is 5.14. The largest absolute Gasteiger partial charge is 0.495 e. The maximum atomic E-state index is 12.8. The molecule has 2 aromatic rings. The van der Waals surface area contributed by atoms with Crippen LogP contribution in [0.4, 0.5) is 13.2 Å². The van der Waals surface area contributed by atoms with Crippen LogP contribution in [0.25, 0.3) is 5.57 Å². The zero-order chi connectivity index (χ0) is 22.0. The summed E-state index contributed by atoms with van der Waals surface area (Å²) in [6, 6.07) is 6.27. The molecule has 2 aliphatic heterocycles.